The van der Waals surface area contributed by atoms with E-state index in [0.29, 0.717) is 23.3 Å². The van der Waals surface area contributed by atoms with E-state index in [9.17, 15) is 9.59 Å². The van der Waals surface area contributed by atoms with Gasteiger partial charge in [-0.05, 0) is 45.2 Å². The van der Waals surface area contributed by atoms with E-state index in [1.807, 2.05) is 17.9 Å². The lowest BCUT2D eigenvalue weighted by Gasteiger charge is -2.35. The molecule has 0 saturated carbocycles. The monoisotopic (exact) mass is 351 g/mol. The van der Waals surface area contributed by atoms with Crippen LogP contribution < -0.4 is 5.56 Å². The van der Waals surface area contributed by atoms with Gasteiger partial charge in [0.25, 0.3) is 11.5 Å². The number of likely N-dealkylation sites (tertiary alicyclic amines) is 1. The van der Waals surface area contributed by atoms with Gasteiger partial charge < -0.3 is 4.90 Å². The predicted octanol–water partition coefficient (Wildman–Crippen LogP) is 2.40. The van der Waals surface area contributed by atoms with Crippen molar-refractivity contribution in [3.8, 4) is 0 Å². The Balaban J connectivity index is 1.75. The van der Waals surface area contributed by atoms with E-state index >= 15 is 0 Å². The molecule has 4 heterocycles. The number of nitrogens with one attached hydrogen (secondary N) is 1. The SMILES string of the molecule is Cc1nc2cc([C@H]3CCCCN3C(=O)c3cccnc3)[nH]n2c(=O)c1C. The fourth-order valence-corrected chi connectivity index (χ4v) is 3.56. The lowest BCUT2D eigenvalue weighted by molar-refractivity contribution is 0.0605. The Bertz CT molecular complexity index is 1020. The number of hydrogen-bond acceptors (Lipinski definition) is 4. The van der Waals surface area contributed by atoms with E-state index in [0.717, 1.165) is 30.7 Å². The summed E-state index contributed by atoms with van der Waals surface area (Å²) in [6, 6.07) is 5.33. The summed E-state index contributed by atoms with van der Waals surface area (Å²) in [4.78, 5) is 35.9. The molecule has 7 heteroatoms. The maximum absolute atomic E-state index is 13.0. The van der Waals surface area contributed by atoms with Gasteiger partial charge in [-0.1, -0.05) is 0 Å². The molecule has 0 aliphatic carbocycles. The van der Waals surface area contributed by atoms with Crippen molar-refractivity contribution in [3.63, 3.8) is 0 Å². The molecule has 0 bridgehead atoms. The van der Waals surface area contributed by atoms with Gasteiger partial charge in [0.15, 0.2) is 5.65 Å². The Morgan fingerprint density at radius 1 is 1.31 bits per heavy atom. The summed E-state index contributed by atoms with van der Waals surface area (Å²) in [5, 5.41) is 3.17. The van der Waals surface area contributed by atoms with Crippen molar-refractivity contribution in [2.45, 2.75) is 39.2 Å². The predicted molar refractivity (Wildman–Crippen MR) is 97.2 cm³/mol. The standard InChI is InChI=1S/C19H21N5O2/c1-12-13(2)21-17-10-15(22-24(17)18(12)25)16-7-3-4-9-23(16)19(26)14-6-5-8-20-11-14/h5-6,8,10-11,16,22H,3-4,7,9H2,1-2H3/t16-/m1/s1. The van der Waals surface area contributed by atoms with Gasteiger partial charge in [0, 0.05) is 36.3 Å². The number of hydrogen-bond donors (Lipinski definition) is 1. The normalized spacial score (nSPS) is 17.6. The Hall–Kier alpha value is -2.96. The van der Waals surface area contributed by atoms with Crippen molar-refractivity contribution in [1.82, 2.24) is 24.5 Å². The fourth-order valence-electron chi connectivity index (χ4n) is 3.56. The second kappa shape index (κ2) is 6.40. The second-order valence-electron chi connectivity index (χ2n) is 6.78. The van der Waals surface area contributed by atoms with Gasteiger partial charge in [0.2, 0.25) is 0 Å². The molecule has 1 atom stereocenters. The highest BCUT2D eigenvalue weighted by atomic mass is 16.2. The van der Waals surface area contributed by atoms with Crippen molar-refractivity contribution in [1.29, 1.82) is 0 Å². The number of fused-ring (bicyclic) bond motifs is 1. The summed E-state index contributed by atoms with van der Waals surface area (Å²) in [5.74, 6) is -0.0332. The summed E-state index contributed by atoms with van der Waals surface area (Å²) in [7, 11) is 0. The number of rotatable bonds is 2. The van der Waals surface area contributed by atoms with Crippen molar-refractivity contribution in [2.75, 3.05) is 6.54 Å². The number of aromatic amines is 1. The first kappa shape index (κ1) is 16.5. The summed E-state index contributed by atoms with van der Waals surface area (Å²) in [6.45, 7) is 4.30. The first-order valence-electron chi connectivity index (χ1n) is 8.86. The number of carbonyl (C=O) groups is 1. The van der Waals surface area contributed by atoms with Crippen LogP contribution in [0.1, 0.15) is 52.6 Å². The van der Waals surface area contributed by atoms with Crippen molar-refractivity contribution in [2.24, 2.45) is 0 Å². The van der Waals surface area contributed by atoms with Gasteiger partial charge in [-0.25, -0.2) is 9.50 Å². The Morgan fingerprint density at radius 2 is 2.15 bits per heavy atom. The van der Waals surface area contributed by atoms with Gasteiger partial charge in [-0.3, -0.25) is 19.7 Å². The molecule has 1 aliphatic rings. The van der Waals surface area contributed by atoms with Crippen molar-refractivity contribution >= 4 is 11.6 Å². The van der Waals surface area contributed by atoms with Crippen LogP contribution in [0, 0.1) is 13.8 Å². The molecule has 0 aromatic carbocycles. The molecule has 1 N–H and O–H groups in total. The summed E-state index contributed by atoms with van der Waals surface area (Å²) < 4.78 is 1.47. The summed E-state index contributed by atoms with van der Waals surface area (Å²) in [5.41, 5.74) is 3.27. The minimum Gasteiger partial charge on any atom is -0.330 e. The molecule has 0 spiro atoms. The van der Waals surface area contributed by atoms with Gasteiger partial charge in [-0.15, -0.1) is 0 Å². The quantitative estimate of drug-likeness (QED) is 0.768. The highest BCUT2D eigenvalue weighted by Crippen LogP contribution is 2.31. The number of carbonyl (C=O) groups excluding carboxylic acids is 1. The molecule has 1 aliphatic heterocycles. The van der Waals surface area contributed by atoms with Crippen LogP contribution in [0.2, 0.25) is 0 Å². The third-order valence-electron chi connectivity index (χ3n) is 5.13. The van der Waals surface area contributed by atoms with E-state index in [1.165, 1.54) is 4.52 Å². The lowest BCUT2D eigenvalue weighted by atomic mass is 9.98. The van der Waals surface area contributed by atoms with Crippen molar-refractivity contribution < 1.29 is 4.79 Å². The van der Waals surface area contributed by atoms with Crippen LogP contribution in [0.4, 0.5) is 0 Å². The second-order valence-corrected chi connectivity index (χ2v) is 6.78. The number of aromatic nitrogens is 4. The first-order chi connectivity index (χ1) is 12.6. The largest absolute Gasteiger partial charge is 0.330 e. The Kier molecular flexibility index (Phi) is 4.06. The van der Waals surface area contributed by atoms with Crippen molar-refractivity contribution in [3.05, 3.63) is 63.5 Å². The summed E-state index contributed by atoms with van der Waals surface area (Å²) >= 11 is 0. The smallest absolute Gasteiger partial charge is 0.275 e. The number of pyridine rings is 1. The number of H-pyrrole nitrogens is 1. The highest BCUT2D eigenvalue weighted by Gasteiger charge is 2.30. The average Bonchev–Trinajstić information content (AvgIpc) is 3.10. The van der Waals surface area contributed by atoms with Gasteiger partial charge >= 0.3 is 0 Å². The first-order valence-corrected chi connectivity index (χ1v) is 8.86. The molecule has 1 amide bonds. The summed E-state index contributed by atoms with van der Waals surface area (Å²) in [6.07, 6.45) is 6.12. The molecule has 7 nitrogen and oxygen atoms in total. The van der Waals surface area contributed by atoms with E-state index < -0.39 is 0 Å². The van der Waals surface area contributed by atoms with Crippen LogP contribution in [0.15, 0.2) is 35.4 Å². The Labute approximate surface area is 150 Å². The molecule has 1 saturated heterocycles. The third kappa shape index (κ3) is 2.69. The lowest BCUT2D eigenvalue weighted by Crippen LogP contribution is -2.38. The number of aryl methyl sites for hydroxylation is 1. The minimum atomic E-state index is -0.0989. The third-order valence-corrected chi connectivity index (χ3v) is 5.13. The van der Waals surface area contributed by atoms with Crippen LogP contribution in [0.3, 0.4) is 0 Å². The van der Waals surface area contributed by atoms with Crippen LogP contribution >= 0.6 is 0 Å². The van der Waals surface area contributed by atoms with E-state index in [-0.39, 0.29) is 17.5 Å². The molecule has 26 heavy (non-hydrogen) atoms. The maximum Gasteiger partial charge on any atom is 0.275 e. The molecule has 134 valence electrons. The highest BCUT2D eigenvalue weighted by molar-refractivity contribution is 5.94. The fraction of sp³-hybridized carbons (Fsp3) is 0.368. The van der Waals surface area contributed by atoms with Crippen LogP contribution in [-0.4, -0.2) is 36.9 Å². The van der Waals surface area contributed by atoms with E-state index in [2.05, 4.69) is 15.1 Å². The molecule has 0 unspecified atom stereocenters. The average molecular weight is 351 g/mol. The molecule has 0 radical (unpaired) electrons. The zero-order valence-electron chi connectivity index (χ0n) is 14.9. The number of nitrogens with zero attached hydrogens (tertiary/aromatic N) is 4. The van der Waals surface area contributed by atoms with Crippen LogP contribution in [-0.2, 0) is 0 Å². The zero-order valence-corrected chi connectivity index (χ0v) is 14.9. The van der Waals surface area contributed by atoms with Gasteiger partial charge in [-0.2, -0.15) is 0 Å². The topological polar surface area (TPSA) is 83.4 Å². The van der Waals surface area contributed by atoms with Crippen LogP contribution in [0.25, 0.3) is 5.65 Å². The molecule has 3 aromatic rings. The van der Waals surface area contributed by atoms with Gasteiger partial charge in [0.05, 0.1) is 17.3 Å². The molecular weight excluding hydrogens is 330 g/mol. The zero-order chi connectivity index (χ0) is 18.3. The number of amides is 1. The van der Waals surface area contributed by atoms with E-state index in [1.54, 1.807) is 31.5 Å². The molecular formula is C19H21N5O2. The molecule has 3 aromatic heterocycles. The van der Waals surface area contributed by atoms with Gasteiger partial charge in [0.1, 0.15) is 0 Å². The molecule has 4 rings (SSSR count). The number of piperidine rings is 1. The van der Waals surface area contributed by atoms with E-state index in [4.69, 9.17) is 0 Å². The molecule has 1 fully saturated rings. The minimum absolute atomic E-state index is 0.0332. The maximum atomic E-state index is 13.0. The van der Waals surface area contributed by atoms with Crippen LogP contribution in [0.5, 0.6) is 0 Å². The Morgan fingerprint density at radius 3 is 2.92 bits per heavy atom.